The average molecular weight is 369 g/mol. The Balaban J connectivity index is 1.81. The summed E-state index contributed by atoms with van der Waals surface area (Å²) < 4.78 is 7.88. The summed E-state index contributed by atoms with van der Waals surface area (Å²) in [5.41, 5.74) is 11.6. The summed E-state index contributed by atoms with van der Waals surface area (Å²) in [5, 5.41) is 19.3. The van der Waals surface area contributed by atoms with Crippen molar-refractivity contribution in [2.75, 3.05) is 0 Å². The van der Waals surface area contributed by atoms with Crippen molar-refractivity contribution in [2.45, 2.75) is 26.3 Å². The molecule has 0 fully saturated rings. The number of aromatic amines is 1. The number of benzene rings is 2. The van der Waals surface area contributed by atoms with E-state index in [1.165, 1.54) is 21.8 Å². The van der Waals surface area contributed by atoms with Gasteiger partial charge >= 0.3 is 0 Å². The molecule has 1 atom stereocenters. The molecule has 0 amide bonds. The van der Waals surface area contributed by atoms with Crippen LogP contribution in [0.4, 0.5) is 0 Å². The predicted molar refractivity (Wildman–Crippen MR) is 108 cm³/mol. The van der Waals surface area contributed by atoms with Gasteiger partial charge in [-0.05, 0) is 37.6 Å². The van der Waals surface area contributed by atoms with Crippen LogP contribution in [0.1, 0.15) is 29.7 Å². The molecule has 28 heavy (non-hydrogen) atoms. The number of rotatable bonds is 2. The third-order valence-corrected chi connectivity index (χ3v) is 5.58. The molecule has 5 rings (SSSR count). The van der Waals surface area contributed by atoms with Gasteiger partial charge in [0.05, 0.1) is 5.92 Å². The van der Waals surface area contributed by atoms with Gasteiger partial charge in [-0.2, -0.15) is 5.26 Å². The molecule has 0 unspecified atom stereocenters. The molecule has 3 heterocycles. The molecule has 0 bridgehead atoms. The maximum absolute atomic E-state index is 9.77. The first kappa shape index (κ1) is 16.5. The van der Waals surface area contributed by atoms with Crippen LogP contribution in [0.25, 0.3) is 21.8 Å². The molecule has 1 aliphatic rings. The van der Waals surface area contributed by atoms with E-state index >= 15 is 0 Å². The Hall–Kier alpha value is -3.72. The summed E-state index contributed by atoms with van der Waals surface area (Å²) in [6.07, 6.45) is 0. The van der Waals surface area contributed by atoms with Crippen LogP contribution in [0.15, 0.2) is 53.9 Å². The van der Waals surface area contributed by atoms with E-state index in [2.05, 4.69) is 70.2 Å². The molecule has 6 heteroatoms. The van der Waals surface area contributed by atoms with Gasteiger partial charge in [0, 0.05) is 39.6 Å². The highest BCUT2D eigenvalue weighted by molar-refractivity contribution is 6.08. The first-order chi connectivity index (χ1) is 13.6. The van der Waals surface area contributed by atoms with Crippen molar-refractivity contribution < 1.29 is 4.74 Å². The zero-order chi connectivity index (χ0) is 19.4. The van der Waals surface area contributed by atoms with Crippen LogP contribution in [0.5, 0.6) is 5.88 Å². The minimum absolute atomic E-state index is 0.114. The SMILES string of the molecule is CCn1c2ccccc2c2cc([C@H]3C(C#N)=C(N)Oc4n[nH]c(C)c43)ccc21. The second kappa shape index (κ2) is 5.89. The van der Waals surface area contributed by atoms with Crippen LogP contribution in [0.3, 0.4) is 0 Å². The lowest BCUT2D eigenvalue weighted by Gasteiger charge is -2.23. The number of H-pyrrole nitrogens is 1. The van der Waals surface area contributed by atoms with Gasteiger partial charge in [-0.25, -0.2) is 0 Å². The molecule has 0 saturated heterocycles. The largest absolute Gasteiger partial charge is 0.420 e. The maximum atomic E-state index is 9.77. The second-order valence-electron chi connectivity index (χ2n) is 7.03. The molecule has 0 radical (unpaired) electrons. The first-order valence-corrected chi connectivity index (χ1v) is 9.27. The standard InChI is InChI=1S/C22H19N5O/c1-3-27-17-7-5-4-6-14(17)15-10-13(8-9-18(15)27)20-16(11-23)21(24)28-22-19(20)12(2)25-26-22/h4-10,20H,3,24H2,1-2H3,(H,25,26)/t20-/m0/s1. The number of nitrogens with one attached hydrogen (secondary N) is 1. The molecule has 0 spiro atoms. The van der Waals surface area contributed by atoms with E-state index in [1.54, 1.807) is 0 Å². The van der Waals surface area contributed by atoms with Crippen molar-refractivity contribution >= 4 is 21.8 Å². The zero-order valence-electron chi connectivity index (χ0n) is 15.7. The minimum Gasteiger partial charge on any atom is -0.420 e. The molecular weight excluding hydrogens is 350 g/mol. The average Bonchev–Trinajstić information content (AvgIpc) is 3.24. The summed E-state index contributed by atoms with van der Waals surface area (Å²) in [7, 11) is 0. The van der Waals surface area contributed by atoms with Crippen molar-refractivity contribution in [3.8, 4) is 11.9 Å². The van der Waals surface area contributed by atoms with Crippen molar-refractivity contribution in [3.05, 3.63) is 70.7 Å². The Bertz CT molecular complexity index is 1320. The molecule has 0 saturated carbocycles. The van der Waals surface area contributed by atoms with E-state index in [0.717, 1.165) is 23.4 Å². The first-order valence-electron chi connectivity index (χ1n) is 9.27. The van der Waals surface area contributed by atoms with Crippen LogP contribution in [0, 0.1) is 18.3 Å². The monoisotopic (exact) mass is 369 g/mol. The summed E-state index contributed by atoms with van der Waals surface area (Å²) >= 11 is 0. The number of ether oxygens (including phenoxy) is 1. The van der Waals surface area contributed by atoms with Crippen LogP contribution >= 0.6 is 0 Å². The molecule has 2 aromatic heterocycles. The van der Waals surface area contributed by atoms with Gasteiger partial charge in [0.2, 0.25) is 11.8 Å². The third-order valence-electron chi connectivity index (χ3n) is 5.58. The van der Waals surface area contributed by atoms with Gasteiger partial charge in [0.15, 0.2) is 0 Å². The van der Waals surface area contributed by atoms with E-state index in [9.17, 15) is 5.26 Å². The lowest BCUT2D eigenvalue weighted by Crippen LogP contribution is -2.21. The topological polar surface area (TPSA) is 92.7 Å². The molecule has 138 valence electrons. The minimum atomic E-state index is -0.305. The van der Waals surface area contributed by atoms with E-state index in [-0.39, 0.29) is 11.8 Å². The second-order valence-corrected chi connectivity index (χ2v) is 7.03. The van der Waals surface area contributed by atoms with Gasteiger partial charge in [-0.3, -0.25) is 5.10 Å². The lowest BCUT2D eigenvalue weighted by atomic mass is 9.83. The number of nitrogens with zero attached hydrogens (tertiary/aromatic N) is 3. The van der Waals surface area contributed by atoms with Crippen LogP contribution in [-0.2, 0) is 6.54 Å². The Kier molecular flexibility index (Phi) is 3.46. The summed E-state index contributed by atoms with van der Waals surface area (Å²) in [4.78, 5) is 0. The molecule has 1 aliphatic heterocycles. The Morgan fingerprint density at radius 2 is 2.00 bits per heavy atom. The smallest absolute Gasteiger partial charge is 0.244 e. The van der Waals surface area contributed by atoms with Crippen molar-refractivity contribution in [2.24, 2.45) is 5.73 Å². The Morgan fingerprint density at radius 3 is 2.79 bits per heavy atom. The zero-order valence-corrected chi connectivity index (χ0v) is 15.7. The summed E-state index contributed by atoms with van der Waals surface area (Å²) in [5.74, 6) is 0.248. The highest BCUT2D eigenvalue weighted by Crippen LogP contribution is 2.43. The number of hydrogen-bond donors (Lipinski definition) is 2. The highest BCUT2D eigenvalue weighted by Gasteiger charge is 2.34. The van der Waals surface area contributed by atoms with E-state index in [4.69, 9.17) is 10.5 Å². The summed E-state index contributed by atoms with van der Waals surface area (Å²) in [6, 6.07) is 17.0. The highest BCUT2D eigenvalue weighted by atomic mass is 16.5. The fourth-order valence-corrected chi connectivity index (χ4v) is 4.32. The number of para-hydroxylation sites is 1. The molecule has 6 nitrogen and oxygen atoms in total. The van der Waals surface area contributed by atoms with Crippen molar-refractivity contribution in [1.29, 1.82) is 5.26 Å². The normalized spacial score (nSPS) is 16.2. The predicted octanol–water partition coefficient (Wildman–Crippen LogP) is 4.06. The number of aromatic nitrogens is 3. The van der Waals surface area contributed by atoms with Crippen LogP contribution in [-0.4, -0.2) is 14.8 Å². The number of fused-ring (bicyclic) bond motifs is 4. The molecular formula is C22H19N5O. The quantitative estimate of drug-likeness (QED) is 0.557. The van der Waals surface area contributed by atoms with E-state index < -0.39 is 0 Å². The van der Waals surface area contributed by atoms with Gasteiger partial charge in [-0.15, -0.1) is 5.10 Å². The van der Waals surface area contributed by atoms with Crippen molar-refractivity contribution in [3.63, 3.8) is 0 Å². The fourth-order valence-electron chi connectivity index (χ4n) is 4.32. The lowest BCUT2D eigenvalue weighted by molar-refractivity contribution is 0.379. The summed E-state index contributed by atoms with van der Waals surface area (Å²) in [6.45, 7) is 4.97. The van der Waals surface area contributed by atoms with Gasteiger partial charge < -0.3 is 15.0 Å². The van der Waals surface area contributed by atoms with Crippen LogP contribution < -0.4 is 10.5 Å². The number of nitrogens with two attached hydrogens (primary N) is 1. The van der Waals surface area contributed by atoms with E-state index in [0.29, 0.717) is 11.5 Å². The van der Waals surface area contributed by atoms with E-state index in [1.807, 2.05) is 6.92 Å². The Morgan fingerprint density at radius 1 is 1.21 bits per heavy atom. The number of aryl methyl sites for hydroxylation is 2. The fraction of sp³-hybridized carbons (Fsp3) is 0.182. The third kappa shape index (κ3) is 2.10. The maximum Gasteiger partial charge on any atom is 0.244 e. The molecule has 0 aliphatic carbocycles. The van der Waals surface area contributed by atoms with Gasteiger partial charge in [0.1, 0.15) is 11.6 Å². The number of allylic oxidation sites excluding steroid dienone is 1. The molecule has 3 N–H and O–H groups in total. The molecule has 2 aromatic carbocycles. The van der Waals surface area contributed by atoms with Crippen molar-refractivity contribution in [1.82, 2.24) is 14.8 Å². The Labute approximate surface area is 161 Å². The van der Waals surface area contributed by atoms with Gasteiger partial charge in [-0.1, -0.05) is 24.3 Å². The number of nitriles is 1. The number of hydrogen-bond acceptors (Lipinski definition) is 4. The molecule has 4 aromatic rings. The van der Waals surface area contributed by atoms with Crippen LogP contribution in [0.2, 0.25) is 0 Å². The van der Waals surface area contributed by atoms with Gasteiger partial charge in [0.25, 0.3) is 0 Å².